The predicted octanol–water partition coefficient (Wildman–Crippen LogP) is 2.73. The quantitative estimate of drug-likeness (QED) is 0.349. The van der Waals surface area contributed by atoms with Crippen molar-refractivity contribution in [3.8, 4) is 0 Å². The molecule has 14 heavy (non-hydrogen) atoms. The molecule has 0 amide bonds. The Morgan fingerprint density at radius 3 is 1.29 bits per heavy atom. The minimum absolute atomic E-state index is 0.736. The molecule has 0 aliphatic rings. The molecule has 0 fully saturated rings. The molecule has 0 aliphatic heterocycles. The Labute approximate surface area is 87.3 Å². The van der Waals surface area contributed by atoms with Gasteiger partial charge < -0.3 is 0 Å². The average Bonchev–Trinajstić information content (AvgIpc) is 2.24. The summed E-state index contributed by atoms with van der Waals surface area (Å²) in [6, 6.07) is 0. The van der Waals surface area contributed by atoms with Gasteiger partial charge >= 0.3 is 0 Å². The van der Waals surface area contributed by atoms with Gasteiger partial charge in [-0.2, -0.15) is 0 Å². The molecule has 0 rings (SSSR count). The zero-order valence-corrected chi connectivity index (χ0v) is 9.88. The molecule has 0 aromatic rings. The van der Waals surface area contributed by atoms with Gasteiger partial charge in [-0.05, 0) is 12.8 Å². The summed E-state index contributed by atoms with van der Waals surface area (Å²) in [6.45, 7) is 5.74. The van der Waals surface area contributed by atoms with E-state index in [1.54, 1.807) is 0 Å². The number of hydrogen-bond donors (Lipinski definition) is 0. The van der Waals surface area contributed by atoms with Gasteiger partial charge in [0.2, 0.25) is 0 Å². The second kappa shape index (κ2) is 18.6. The highest BCUT2D eigenvalue weighted by atomic mass is 17.2. The third-order valence-electron chi connectivity index (χ3n) is 1.41. The summed E-state index contributed by atoms with van der Waals surface area (Å²) in [5.41, 5.74) is 0. The molecule has 0 atom stereocenters. The van der Waals surface area contributed by atoms with E-state index in [4.69, 9.17) is 9.78 Å². The Morgan fingerprint density at radius 1 is 0.714 bits per heavy atom. The van der Waals surface area contributed by atoms with Crippen LogP contribution in [0.15, 0.2) is 0 Å². The van der Waals surface area contributed by atoms with Crippen LogP contribution in [0.25, 0.3) is 0 Å². The van der Waals surface area contributed by atoms with Crippen LogP contribution in [0.1, 0.15) is 39.5 Å². The molecule has 0 aromatic heterocycles. The molecule has 0 aliphatic carbocycles. The maximum absolute atomic E-state index is 4.88. The summed E-state index contributed by atoms with van der Waals surface area (Å²) in [5.74, 6) is 0. The van der Waals surface area contributed by atoms with Crippen LogP contribution in [0, 0.1) is 0 Å². The van der Waals surface area contributed by atoms with E-state index in [0.29, 0.717) is 0 Å². The normalized spacial score (nSPS) is 9.43. The van der Waals surface area contributed by atoms with Crippen molar-refractivity contribution in [2.75, 3.05) is 27.4 Å². The first-order chi connectivity index (χ1) is 6.83. The van der Waals surface area contributed by atoms with Crippen LogP contribution in [-0.4, -0.2) is 27.4 Å². The molecule has 0 N–H and O–H groups in total. The molecule has 0 heterocycles. The molecule has 0 saturated carbocycles. The maximum atomic E-state index is 4.88. The zero-order chi connectivity index (χ0) is 11.1. The topological polar surface area (TPSA) is 36.9 Å². The van der Waals surface area contributed by atoms with Crippen molar-refractivity contribution in [1.29, 1.82) is 0 Å². The van der Waals surface area contributed by atoms with Crippen LogP contribution in [0.3, 0.4) is 0 Å². The smallest absolute Gasteiger partial charge is 0.0822 e. The largest absolute Gasteiger partial charge is 0.240 e. The van der Waals surface area contributed by atoms with E-state index >= 15 is 0 Å². The van der Waals surface area contributed by atoms with Crippen LogP contribution >= 0.6 is 0 Å². The third kappa shape index (κ3) is 22.6. The summed E-state index contributed by atoms with van der Waals surface area (Å²) >= 11 is 0. The van der Waals surface area contributed by atoms with Gasteiger partial charge in [0.05, 0.1) is 27.4 Å². The zero-order valence-electron chi connectivity index (χ0n) is 9.88. The summed E-state index contributed by atoms with van der Waals surface area (Å²) in [5, 5.41) is 0. The van der Waals surface area contributed by atoms with E-state index in [9.17, 15) is 0 Å². The van der Waals surface area contributed by atoms with Crippen molar-refractivity contribution in [2.45, 2.75) is 39.5 Å². The number of rotatable bonds is 8. The van der Waals surface area contributed by atoms with Crippen LogP contribution in [0.4, 0.5) is 0 Å². The van der Waals surface area contributed by atoms with Crippen molar-refractivity contribution in [1.82, 2.24) is 0 Å². The van der Waals surface area contributed by atoms with Gasteiger partial charge in [0.15, 0.2) is 0 Å². The Morgan fingerprint density at radius 2 is 1.07 bits per heavy atom. The molecular weight excluding hydrogens is 184 g/mol. The van der Waals surface area contributed by atoms with Gasteiger partial charge in [0.25, 0.3) is 0 Å². The van der Waals surface area contributed by atoms with E-state index in [0.717, 1.165) is 38.9 Å². The fourth-order valence-electron chi connectivity index (χ4n) is 0.524. The van der Waals surface area contributed by atoms with Crippen LogP contribution in [0.2, 0.25) is 0 Å². The van der Waals surface area contributed by atoms with Crippen molar-refractivity contribution < 1.29 is 19.6 Å². The van der Waals surface area contributed by atoms with E-state index in [-0.39, 0.29) is 0 Å². The molecule has 88 valence electrons. The minimum atomic E-state index is 0.736. The van der Waals surface area contributed by atoms with E-state index in [2.05, 4.69) is 23.6 Å². The predicted molar refractivity (Wildman–Crippen MR) is 55.7 cm³/mol. The average molecular weight is 208 g/mol. The third-order valence-corrected chi connectivity index (χ3v) is 1.41. The highest BCUT2D eigenvalue weighted by molar-refractivity contribution is 4.28. The Bertz CT molecular complexity index is 68.5. The molecule has 0 bridgehead atoms. The van der Waals surface area contributed by atoms with Gasteiger partial charge in [-0.25, -0.2) is 19.6 Å². The summed E-state index contributed by atoms with van der Waals surface area (Å²) in [4.78, 5) is 17.8. The van der Waals surface area contributed by atoms with Gasteiger partial charge in [0.1, 0.15) is 0 Å². The Balaban J connectivity index is 0. The van der Waals surface area contributed by atoms with Crippen LogP contribution in [-0.2, 0) is 19.6 Å². The highest BCUT2D eigenvalue weighted by Gasteiger charge is 1.86. The molecule has 0 spiro atoms. The Hall–Kier alpha value is -0.160. The van der Waals surface area contributed by atoms with Gasteiger partial charge in [0, 0.05) is 0 Å². The molecule has 4 heteroatoms. The van der Waals surface area contributed by atoms with E-state index < -0.39 is 0 Å². The number of unbranched alkanes of at least 4 members (excludes halogenated alkanes) is 2. The van der Waals surface area contributed by atoms with Crippen molar-refractivity contribution in [3.05, 3.63) is 0 Å². The molecule has 0 aromatic carbocycles. The lowest BCUT2D eigenvalue weighted by atomic mass is 10.4. The lowest BCUT2D eigenvalue weighted by molar-refractivity contribution is -0.295. The molecule has 4 nitrogen and oxygen atoms in total. The second-order valence-electron chi connectivity index (χ2n) is 2.68. The molecular formula is C10H24O4. The molecule has 0 saturated heterocycles. The number of hydrogen-bond acceptors (Lipinski definition) is 4. The Kier molecular flexibility index (Phi) is 21.6. The SMILES string of the molecule is CCCCOOCCCC.COOC. The lowest BCUT2D eigenvalue weighted by Gasteiger charge is -2.00. The maximum Gasteiger partial charge on any atom is 0.0822 e. The first-order valence-electron chi connectivity index (χ1n) is 5.14. The van der Waals surface area contributed by atoms with Gasteiger partial charge in [-0.1, -0.05) is 26.7 Å². The minimum Gasteiger partial charge on any atom is -0.240 e. The fourth-order valence-corrected chi connectivity index (χ4v) is 0.524. The fraction of sp³-hybridized carbons (Fsp3) is 1.00. The first kappa shape index (κ1) is 16.3. The van der Waals surface area contributed by atoms with Crippen LogP contribution in [0.5, 0.6) is 0 Å². The van der Waals surface area contributed by atoms with Crippen molar-refractivity contribution >= 4 is 0 Å². The monoisotopic (exact) mass is 208 g/mol. The van der Waals surface area contributed by atoms with Crippen LogP contribution < -0.4 is 0 Å². The van der Waals surface area contributed by atoms with Gasteiger partial charge in [-0.3, -0.25) is 0 Å². The van der Waals surface area contributed by atoms with Crippen molar-refractivity contribution in [3.63, 3.8) is 0 Å². The summed E-state index contributed by atoms with van der Waals surface area (Å²) in [6.07, 6.45) is 4.51. The first-order valence-corrected chi connectivity index (χ1v) is 5.14. The highest BCUT2D eigenvalue weighted by Crippen LogP contribution is 1.91. The molecule has 0 radical (unpaired) electrons. The standard InChI is InChI=1S/C8H18O2.C2H6O2/c1-3-5-7-9-10-8-6-4-2;1-3-4-2/h3-8H2,1-2H3;1-2H3. The summed E-state index contributed by atoms with van der Waals surface area (Å²) < 4.78 is 0. The summed E-state index contributed by atoms with van der Waals surface area (Å²) in [7, 11) is 2.92. The second-order valence-corrected chi connectivity index (χ2v) is 2.68. The van der Waals surface area contributed by atoms with Gasteiger partial charge in [-0.15, -0.1) is 0 Å². The lowest BCUT2D eigenvalue weighted by Crippen LogP contribution is -1.97. The molecule has 0 unspecified atom stereocenters. The van der Waals surface area contributed by atoms with Crippen molar-refractivity contribution in [2.24, 2.45) is 0 Å². The van der Waals surface area contributed by atoms with E-state index in [1.807, 2.05) is 0 Å². The van der Waals surface area contributed by atoms with E-state index in [1.165, 1.54) is 14.2 Å².